The van der Waals surface area contributed by atoms with Gasteiger partial charge in [0.2, 0.25) is 0 Å². The second-order valence-electron chi connectivity index (χ2n) is 5.53. The van der Waals surface area contributed by atoms with E-state index in [1.807, 2.05) is 13.8 Å². The fraction of sp³-hybridized carbons (Fsp3) is 0.500. The zero-order chi connectivity index (χ0) is 15.8. The number of benzene rings is 1. The van der Waals surface area contributed by atoms with Crippen molar-refractivity contribution < 1.29 is 17.6 Å². The summed E-state index contributed by atoms with van der Waals surface area (Å²) in [5.74, 6) is -0.972. The predicted octanol–water partition coefficient (Wildman–Crippen LogP) is 3.01. The monoisotopic (exact) mass is 333 g/mol. The van der Waals surface area contributed by atoms with Gasteiger partial charge in [-0.15, -0.1) is 0 Å². The van der Waals surface area contributed by atoms with E-state index in [0.717, 1.165) is 25.0 Å². The first kappa shape index (κ1) is 16.2. The SMILES string of the molecule is CC(C)C1CCCN1C(=O)c1ccc(S(=O)(=O)Cl)cc1F. The molecular formula is C14H17ClFNO3S. The molecule has 1 unspecified atom stereocenters. The summed E-state index contributed by atoms with van der Waals surface area (Å²) < 4.78 is 36.4. The van der Waals surface area contributed by atoms with Gasteiger partial charge in [0.1, 0.15) is 5.82 Å². The Bertz CT molecular complexity index is 660. The lowest BCUT2D eigenvalue weighted by atomic mass is 10.0. The quantitative estimate of drug-likeness (QED) is 0.799. The molecule has 0 aliphatic carbocycles. The van der Waals surface area contributed by atoms with Gasteiger partial charge in [-0.05, 0) is 37.0 Å². The highest BCUT2D eigenvalue weighted by Gasteiger charge is 2.32. The topological polar surface area (TPSA) is 54.5 Å². The van der Waals surface area contributed by atoms with Crippen LogP contribution in [0.2, 0.25) is 0 Å². The van der Waals surface area contributed by atoms with Crippen LogP contribution in [0, 0.1) is 11.7 Å². The molecule has 21 heavy (non-hydrogen) atoms. The Morgan fingerprint density at radius 1 is 1.43 bits per heavy atom. The van der Waals surface area contributed by atoms with E-state index in [1.54, 1.807) is 4.90 Å². The van der Waals surface area contributed by atoms with E-state index in [0.29, 0.717) is 12.5 Å². The Kier molecular flexibility index (Phi) is 4.58. The van der Waals surface area contributed by atoms with Crippen LogP contribution in [0.5, 0.6) is 0 Å². The molecule has 0 saturated carbocycles. The number of rotatable bonds is 3. The van der Waals surface area contributed by atoms with Crippen molar-refractivity contribution in [1.82, 2.24) is 4.90 Å². The van der Waals surface area contributed by atoms with Crippen LogP contribution in [0.1, 0.15) is 37.0 Å². The molecule has 1 fully saturated rings. The van der Waals surface area contributed by atoms with E-state index >= 15 is 0 Å². The van der Waals surface area contributed by atoms with Crippen molar-refractivity contribution in [2.24, 2.45) is 5.92 Å². The number of hydrogen-bond acceptors (Lipinski definition) is 3. The molecule has 2 rings (SSSR count). The molecule has 4 nitrogen and oxygen atoms in total. The van der Waals surface area contributed by atoms with Gasteiger partial charge in [0, 0.05) is 23.3 Å². The lowest BCUT2D eigenvalue weighted by Gasteiger charge is -2.27. The highest BCUT2D eigenvalue weighted by Crippen LogP contribution is 2.27. The molecule has 0 aromatic heterocycles. The van der Waals surface area contributed by atoms with E-state index in [9.17, 15) is 17.6 Å². The Labute approximate surface area is 128 Å². The zero-order valence-electron chi connectivity index (χ0n) is 11.8. The van der Waals surface area contributed by atoms with Crippen LogP contribution in [0.15, 0.2) is 23.1 Å². The molecule has 0 radical (unpaired) electrons. The van der Waals surface area contributed by atoms with E-state index < -0.39 is 20.8 Å². The highest BCUT2D eigenvalue weighted by molar-refractivity contribution is 8.13. The summed E-state index contributed by atoms with van der Waals surface area (Å²) in [5, 5.41) is 0. The second kappa shape index (κ2) is 5.93. The minimum Gasteiger partial charge on any atom is -0.335 e. The summed E-state index contributed by atoms with van der Waals surface area (Å²) in [4.78, 5) is 13.8. The minimum atomic E-state index is -4.00. The van der Waals surface area contributed by atoms with Crippen LogP contribution >= 0.6 is 10.7 Å². The summed E-state index contributed by atoms with van der Waals surface area (Å²) in [6.07, 6.45) is 1.80. The number of carbonyl (C=O) groups excluding carboxylic acids is 1. The fourth-order valence-electron chi connectivity index (χ4n) is 2.71. The van der Waals surface area contributed by atoms with Gasteiger partial charge in [0.05, 0.1) is 10.5 Å². The molecule has 116 valence electrons. The molecule has 1 atom stereocenters. The van der Waals surface area contributed by atoms with Gasteiger partial charge in [-0.25, -0.2) is 12.8 Å². The van der Waals surface area contributed by atoms with Gasteiger partial charge in [0.15, 0.2) is 0 Å². The lowest BCUT2D eigenvalue weighted by molar-refractivity contribution is 0.0696. The van der Waals surface area contributed by atoms with Gasteiger partial charge in [-0.1, -0.05) is 13.8 Å². The molecule has 1 saturated heterocycles. The Balaban J connectivity index is 2.32. The molecule has 7 heteroatoms. The maximum Gasteiger partial charge on any atom is 0.261 e. The summed E-state index contributed by atoms with van der Waals surface area (Å²) in [6, 6.07) is 3.21. The number of nitrogens with zero attached hydrogens (tertiary/aromatic N) is 1. The third-order valence-corrected chi connectivity index (χ3v) is 5.13. The molecule has 1 aromatic carbocycles. The van der Waals surface area contributed by atoms with E-state index in [4.69, 9.17) is 10.7 Å². The molecule has 1 aliphatic rings. The first-order valence-electron chi connectivity index (χ1n) is 6.77. The van der Waals surface area contributed by atoms with Crippen molar-refractivity contribution in [3.8, 4) is 0 Å². The third-order valence-electron chi connectivity index (χ3n) is 3.78. The van der Waals surface area contributed by atoms with Gasteiger partial charge >= 0.3 is 0 Å². The minimum absolute atomic E-state index is 0.0911. The summed E-state index contributed by atoms with van der Waals surface area (Å²) in [7, 11) is 1.16. The van der Waals surface area contributed by atoms with Crippen LogP contribution in [-0.2, 0) is 9.05 Å². The Morgan fingerprint density at radius 2 is 2.10 bits per heavy atom. The lowest BCUT2D eigenvalue weighted by Crippen LogP contribution is -2.38. The molecule has 0 spiro atoms. The van der Waals surface area contributed by atoms with Gasteiger partial charge in [-0.2, -0.15) is 0 Å². The molecule has 1 heterocycles. The molecular weight excluding hydrogens is 317 g/mol. The first-order chi connectivity index (χ1) is 9.71. The molecule has 0 N–H and O–H groups in total. The summed E-state index contributed by atoms with van der Waals surface area (Å²) >= 11 is 0. The third kappa shape index (κ3) is 3.37. The number of hydrogen-bond donors (Lipinski definition) is 0. The van der Waals surface area contributed by atoms with Crippen LogP contribution in [-0.4, -0.2) is 31.8 Å². The Morgan fingerprint density at radius 3 is 2.62 bits per heavy atom. The van der Waals surface area contributed by atoms with Gasteiger partial charge in [-0.3, -0.25) is 4.79 Å². The maximum atomic E-state index is 14.0. The first-order valence-corrected chi connectivity index (χ1v) is 9.08. The normalized spacial score (nSPS) is 19.3. The number of amides is 1. The molecule has 1 aromatic rings. The molecule has 0 bridgehead atoms. The highest BCUT2D eigenvalue weighted by atomic mass is 35.7. The molecule has 1 amide bonds. The van der Waals surface area contributed by atoms with Crippen molar-refractivity contribution in [2.45, 2.75) is 37.6 Å². The van der Waals surface area contributed by atoms with Crippen LogP contribution in [0.3, 0.4) is 0 Å². The van der Waals surface area contributed by atoms with Crippen molar-refractivity contribution in [3.05, 3.63) is 29.6 Å². The fourth-order valence-corrected chi connectivity index (χ4v) is 3.48. The van der Waals surface area contributed by atoms with Crippen LogP contribution in [0.25, 0.3) is 0 Å². The van der Waals surface area contributed by atoms with Crippen molar-refractivity contribution in [1.29, 1.82) is 0 Å². The number of carbonyl (C=O) groups is 1. The maximum absolute atomic E-state index is 14.0. The standard InChI is InChI=1S/C14H17ClFNO3S/c1-9(2)13-4-3-7-17(13)14(18)11-6-5-10(8-12(11)16)21(15,19)20/h5-6,8-9,13H,3-4,7H2,1-2H3. The zero-order valence-corrected chi connectivity index (χ0v) is 13.4. The van der Waals surface area contributed by atoms with E-state index in [1.165, 1.54) is 6.07 Å². The van der Waals surface area contributed by atoms with Crippen LogP contribution < -0.4 is 0 Å². The van der Waals surface area contributed by atoms with E-state index in [2.05, 4.69) is 0 Å². The molecule has 1 aliphatic heterocycles. The van der Waals surface area contributed by atoms with Gasteiger partial charge in [0.25, 0.3) is 15.0 Å². The number of halogens is 2. The van der Waals surface area contributed by atoms with Crippen LogP contribution in [0.4, 0.5) is 4.39 Å². The summed E-state index contributed by atoms with van der Waals surface area (Å²) in [6.45, 7) is 4.64. The summed E-state index contributed by atoms with van der Waals surface area (Å²) in [5.41, 5.74) is -0.119. The van der Waals surface area contributed by atoms with Crippen molar-refractivity contribution in [3.63, 3.8) is 0 Å². The second-order valence-corrected chi connectivity index (χ2v) is 8.10. The van der Waals surface area contributed by atoms with E-state index in [-0.39, 0.29) is 16.5 Å². The average molecular weight is 334 g/mol. The largest absolute Gasteiger partial charge is 0.335 e. The Hall–Kier alpha value is -1.14. The number of likely N-dealkylation sites (tertiary alicyclic amines) is 1. The van der Waals surface area contributed by atoms with Gasteiger partial charge < -0.3 is 4.90 Å². The van der Waals surface area contributed by atoms with Crippen molar-refractivity contribution in [2.75, 3.05) is 6.54 Å². The van der Waals surface area contributed by atoms with Crippen molar-refractivity contribution >= 4 is 25.6 Å². The smallest absolute Gasteiger partial charge is 0.261 e. The average Bonchev–Trinajstić information content (AvgIpc) is 2.86. The predicted molar refractivity (Wildman–Crippen MR) is 78.3 cm³/mol.